The predicted molar refractivity (Wildman–Crippen MR) is 103 cm³/mol. The third-order valence-corrected chi connectivity index (χ3v) is 4.95. The summed E-state index contributed by atoms with van der Waals surface area (Å²) in [5.74, 6) is 0. The Hall–Kier alpha value is -1.85. The minimum absolute atomic E-state index is 0.146. The number of thiophene rings is 1. The van der Waals surface area contributed by atoms with Gasteiger partial charge in [0.25, 0.3) is 0 Å². The molecular weight excluding hydrogens is 318 g/mol. The fourth-order valence-electron chi connectivity index (χ4n) is 2.81. The van der Waals surface area contributed by atoms with Gasteiger partial charge < -0.3 is 15.5 Å². The number of urea groups is 1. The van der Waals surface area contributed by atoms with Crippen LogP contribution in [0.1, 0.15) is 36.6 Å². The van der Waals surface area contributed by atoms with Gasteiger partial charge in [-0.1, -0.05) is 32.0 Å². The minimum atomic E-state index is -0.146. The van der Waals surface area contributed by atoms with Crippen LogP contribution in [0.15, 0.2) is 35.0 Å². The van der Waals surface area contributed by atoms with Gasteiger partial charge in [-0.05, 0) is 60.5 Å². The molecule has 0 fully saturated rings. The van der Waals surface area contributed by atoms with Crippen molar-refractivity contribution in [2.24, 2.45) is 0 Å². The van der Waals surface area contributed by atoms with Crippen LogP contribution in [0.5, 0.6) is 0 Å². The summed E-state index contributed by atoms with van der Waals surface area (Å²) in [7, 11) is 4.06. The van der Waals surface area contributed by atoms with Gasteiger partial charge in [0.2, 0.25) is 0 Å². The Labute approximate surface area is 148 Å². The molecule has 1 atom stereocenters. The average Bonchev–Trinajstić information content (AvgIpc) is 3.09. The lowest BCUT2D eigenvalue weighted by atomic mass is 10.0. The molecule has 0 unspecified atom stereocenters. The molecule has 0 aliphatic heterocycles. The summed E-state index contributed by atoms with van der Waals surface area (Å²) in [5.41, 5.74) is 4.53. The van der Waals surface area contributed by atoms with Crippen molar-refractivity contribution in [1.29, 1.82) is 0 Å². The first-order valence-corrected chi connectivity index (χ1v) is 9.35. The second-order valence-electron chi connectivity index (χ2n) is 6.03. The largest absolute Gasteiger partial charge is 0.336 e. The highest BCUT2D eigenvalue weighted by molar-refractivity contribution is 7.07. The molecule has 0 aliphatic rings. The zero-order chi connectivity index (χ0) is 17.5. The molecule has 4 nitrogen and oxygen atoms in total. The van der Waals surface area contributed by atoms with Gasteiger partial charge in [0.1, 0.15) is 0 Å². The Morgan fingerprint density at radius 3 is 2.33 bits per heavy atom. The number of likely N-dealkylation sites (N-methyl/N-ethyl adjacent to an activating group) is 1. The number of aryl methyl sites for hydroxylation is 2. The molecule has 1 heterocycles. The van der Waals surface area contributed by atoms with Crippen molar-refractivity contribution in [1.82, 2.24) is 10.2 Å². The Balaban J connectivity index is 2.03. The van der Waals surface area contributed by atoms with Gasteiger partial charge in [0, 0.05) is 12.2 Å². The van der Waals surface area contributed by atoms with Crippen LogP contribution in [0.25, 0.3) is 0 Å². The average molecular weight is 346 g/mol. The third kappa shape index (κ3) is 4.58. The van der Waals surface area contributed by atoms with Gasteiger partial charge in [0.15, 0.2) is 0 Å². The summed E-state index contributed by atoms with van der Waals surface area (Å²) in [6.07, 6.45) is 1.80. The molecule has 2 aromatic rings. The van der Waals surface area contributed by atoms with Gasteiger partial charge in [-0.25, -0.2) is 4.79 Å². The van der Waals surface area contributed by atoms with Crippen molar-refractivity contribution >= 4 is 23.1 Å². The van der Waals surface area contributed by atoms with E-state index in [1.807, 2.05) is 14.1 Å². The first-order valence-electron chi connectivity index (χ1n) is 8.40. The Bertz CT molecular complexity index is 630. The van der Waals surface area contributed by atoms with Gasteiger partial charge in [-0.15, -0.1) is 0 Å². The highest BCUT2D eigenvalue weighted by atomic mass is 32.1. The number of carbonyl (C=O) groups excluding carboxylic acids is 1. The standard InChI is InChI=1S/C19H27N3OS/c1-5-14-8-7-9-15(6-2)18(14)21-19(23)20-12-17(22(3)4)16-10-11-24-13-16/h7-11,13,17H,5-6,12H2,1-4H3,(H2,20,21,23)/t17-/m0/s1. The van der Waals surface area contributed by atoms with Crippen LogP contribution in [-0.2, 0) is 12.8 Å². The first-order chi connectivity index (χ1) is 11.6. The number of anilines is 1. The van der Waals surface area contributed by atoms with E-state index in [0.29, 0.717) is 6.54 Å². The monoisotopic (exact) mass is 345 g/mol. The number of nitrogens with zero attached hydrogens (tertiary/aromatic N) is 1. The molecule has 0 radical (unpaired) electrons. The van der Waals surface area contributed by atoms with Crippen molar-refractivity contribution in [3.63, 3.8) is 0 Å². The van der Waals surface area contributed by atoms with E-state index in [-0.39, 0.29) is 12.1 Å². The maximum Gasteiger partial charge on any atom is 0.319 e. The van der Waals surface area contributed by atoms with E-state index >= 15 is 0 Å². The second kappa shape index (κ2) is 8.85. The zero-order valence-corrected chi connectivity index (χ0v) is 15.7. The molecule has 2 amide bonds. The maximum atomic E-state index is 12.4. The smallest absolute Gasteiger partial charge is 0.319 e. The molecule has 130 valence electrons. The van der Waals surface area contributed by atoms with Gasteiger partial charge in [-0.3, -0.25) is 0 Å². The Morgan fingerprint density at radius 1 is 1.17 bits per heavy atom. The van der Waals surface area contributed by atoms with Crippen molar-refractivity contribution in [2.75, 3.05) is 26.0 Å². The number of carbonyl (C=O) groups is 1. The molecule has 0 aliphatic carbocycles. The topological polar surface area (TPSA) is 44.4 Å². The number of amides is 2. The molecule has 0 saturated heterocycles. The molecule has 0 saturated carbocycles. The van der Waals surface area contributed by atoms with Crippen LogP contribution >= 0.6 is 11.3 Å². The van der Waals surface area contributed by atoms with Gasteiger partial charge in [-0.2, -0.15) is 11.3 Å². The summed E-state index contributed by atoms with van der Waals surface area (Å²) in [5, 5.41) is 10.3. The molecule has 2 N–H and O–H groups in total. The fraction of sp³-hybridized carbons (Fsp3) is 0.421. The van der Waals surface area contributed by atoms with Gasteiger partial charge >= 0.3 is 6.03 Å². The maximum absolute atomic E-state index is 12.4. The Kier molecular flexibility index (Phi) is 6.82. The SMILES string of the molecule is CCc1cccc(CC)c1NC(=O)NC[C@@H](c1ccsc1)N(C)C. The minimum Gasteiger partial charge on any atom is -0.336 e. The molecular formula is C19H27N3OS. The Morgan fingerprint density at radius 2 is 1.83 bits per heavy atom. The van der Waals surface area contributed by atoms with Crippen molar-refractivity contribution < 1.29 is 4.79 Å². The van der Waals surface area contributed by atoms with Crippen molar-refractivity contribution in [3.8, 4) is 0 Å². The number of hydrogen-bond acceptors (Lipinski definition) is 3. The highest BCUT2D eigenvalue weighted by Gasteiger charge is 2.16. The highest BCUT2D eigenvalue weighted by Crippen LogP contribution is 2.23. The van der Waals surface area contributed by atoms with E-state index in [0.717, 1.165) is 18.5 Å². The summed E-state index contributed by atoms with van der Waals surface area (Å²) < 4.78 is 0. The first kappa shape index (κ1) is 18.5. The predicted octanol–water partition coefficient (Wildman–Crippen LogP) is 4.30. The normalized spacial score (nSPS) is 12.2. The van der Waals surface area contributed by atoms with E-state index in [9.17, 15) is 4.79 Å². The summed E-state index contributed by atoms with van der Waals surface area (Å²) in [6, 6.07) is 8.34. The summed E-state index contributed by atoms with van der Waals surface area (Å²) in [6.45, 7) is 4.79. The molecule has 0 bridgehead atoms. The van der Waals surface area contributed by atoms with Crippen LogP contribution in [0.3, 0.4) is 0 Å². The van der Waals surface area contributed by atoms with E-state index in [1.54, 1.807) is 11.3 Å². The van der Waals surface area contributed by atoms with E-state index < -0.39 is 0 Å². The van der Waals surface area contributed by atoms with Crippen LogP contribution in [0.4, 0.5) is 10.5 Å². The number of benzene rings is 1. The number of hydrogen-bond donors (Lipinski definition) is 2. The molecule has 0 spiro atoms. The van der Waals surface area contributed by atoms with E-state index in [1.165, 1.54) is 16.7 Å². The molecule has 24 heavy (non-hydrogen) atoms. The van der Waals surface area contributed by atoms with Crippen LogP contribution in [0, 0.1) is 0 Å². The van der Waals surface area contributed by atoms with E-state index in [4.69, 9.17) is 0 Å². The number of nitrogens with one attached hydrogen (secondary N) is 2. The van der Waals surface area contributed by atoms with E-state index in [2.05, 4.69) is 64.4 Å². The molecule has 1 aromatic heterocycles. The second-order valence-corrected chi connectivity index (χ2v) is 6.81. The zero-order valence-electron chi connectivity index (χ0n) is 14.9. The number of rotatable bonds is 7. The van der Waals surface area contributed by atoms with Crippen LogP contribution in [-0.4, -0.2) is 31.6 Å². The molecule has 2 rings (SSSR count). The van der Waals surface area contributed by atoms with Crippen molar-refractivity contribution in [3.05, 3.63) is 51.7 Å². The summed E-state index contributed by atoms with van der Waals surface area (Å²) >= 11 is 1.68. The van der Waals surface area contributed by atoms with Crippen LogP contribution in [0.2, 0.25) is 0 Å². The lowest BCUT2D eigenvalue weighted by molar-refractivity contribution is 0.243. The van der Waals surface area contributed by atoms with Gasteiger partial charge in [0.05, 0.1) is 6.04 Å². The van der Waals surface area contributed by atoms with Crippen LogP contribution < -0.4 is 10.6 Å². The molecule has 1 aromatic carbocycles. The third-order valence-electron chi connectivity index (χ3n) is 4.24. The van der Waals surface area contributed by atoms with Crippen molar-refractivity contribution in [2.45, 2.75) is 32.7 Å². The molecule has 5 heteroatoms. The lowest BCUT2D eigenvalue weighted by Gasteiger charge is -2.24. The fourth-order valence-corrected chi connectivity index (χ4v) is 3.52. The summed E-state index contributed by atoms with van der Waals surface area (Å²) in [4.78, 5) is 14.5. The quantitative estimate of drug-likeness (QED) is 0.786. The number of para-hydroxylation sites is 1. The lowest BCUT2D eigenvalue weighted by Crippen LogP contribution is -2.37.